The molecule has 0 heterocycles. The normalized spacial score (nSPS) is 50.5. The van der Waals surface area contributed by atoms with Gasteiger partial charge in [0.05, 0.1) is 11.5 Å². The number of ether oxygens (including phenoxy) is 1. The molecule has 3 heteroatoms. The lowest BCUT2D eigenvalue weighted by Crippen LogP contribution is -2.49. The van der Waals surface area contributed by atoms with Crippen molar-refractivity contribution in [2.24, 2.45) is 5.41 Å². The molecule has 0 aromatic carbocycles. The summed E-state index contributed by atoms with van der Waals surface area (Å²) in [5.74, 6) is -1.07. The third-order valence-corrected chi connectivity index (χ3v) is 3.99. The van der Waals surface area contributed by atoms with E-state index in [1.807, 2.05) is 0 Å². The van der Waals surface area contributed by atoms with Crippen LogP contribution in [0.1, 0.15) is 38.5 Å². The van der Waals surface area contributed by atoms with Crippen molar-refractivity contribution in [1.82, 2.24) is 0 Å². The van der Waals surface area contributed by atoms with E-state index < -0.39 is 5.79 Å². The summed E-state index contributed by atoms with van der Waals surface area (Å²) < 4.78 is 5.20. The van der Waals surface area contributed by atoms with Crippen molar-refractivity contribution in [3.63, 3.8) is 0 Å². The Bertz CT molecular complexity index is 202. The standard InChI is InChI=1S/C10H18O3/c1-13-10(12)7-3-6-9(10)5-2-4-8(9)11/h8,11-12H,2-7H2,1H3/t8-,9-,10?/m1/s1. The number of hydrogen-bond acceptors (Lipinski definition) is 3. The Kier molecular flexibility index (Phi) is 2.13. The molecule has 13 heavy (non-hydrogen) atoms. The van der Waals surface area contributed by atoms with Crippen LogP contribution in [0.25, 0.3) is 0 Å². The summed E-state index contributed by atoms with van der Waals surface area (Å²) >= 11 is 0. The maximum absolute atomic E-state index is 10.2. The highest BCUT2D eigenvalue weighted by atomic mass is 16.6. The first-order valence-electron chi connectivity index (χ1n) is 5.10. The van der Waals surface area contributed by atoms with Crippen LogP contribution in [0.4, 0.5) is 0 Å². The number of hydrogen-bond donors (Lipinski definition) is 2. The van der Waals surface area contributed by atoms with E-state index in [2.05, 4.69) is 0 Å². The van der Waals surface area contributed by atoms with Gasteiger partial charge in [-0.15, -0.1) is 0 Å². The summed E-state index contributed by atoms with van der Waals surface area (Å²) in [7, 11) is 1.54. The van der Waals surface area contributed by atoms with Crippen LogP contribution in [0, 0.1) is 5.41 Å². The van der Waals surface area contributed by atoms with Crippen molar-refractivity contribution in [2.45, 2.75) is 50.4 Å². The fourth-order valence-corrected chi connectivity index (χ4v) is 3.19. The van der Waals surface area contributed by atoms with Crippen LogP contribution in [-0.2, 0) is 4.74 Å². The predicted molar refractivity (Wildman–Crippen MR) is 48.1 cm³/mol. The van der Waals surface area contributed by atoms with Crippen molar-refractivity contribution in [2.75, 3.05) is 7.11 Å². The van der Waals surface area contributed by atoms with Gasteiger partial charge in [0.1, 0.15) is 0 Å². The number of methoxy groups -OCH3 is 1. The summed E-state index contributed by atoms with van der Waals surface area (Å²) in [6, 6.07) is 0. The van der Waals surface area contributed by atoms with Crippen molar-refractivity contribution in [3.05, 3.63) is 0 Å². The SMILES string of the molecule is COC1(O)CCC[C@@]12CCC[C@H]2O. The first-order chi connectivity index (χ1) is 6.15. The van der Waals surface area contributed by atoms with Crippen LogP contribution < -0.4 is 0 Å². The molecule has 0 radical (unpaired) electrons. The van der Waals surface area contributed by atoms with Gasteiger partial charge in [0.2, 0.25) is 0 Å². The van der Waals surface area contributed by atoms with E-state index in [0.29, 0.717) is 6.42 Å². The fraction of sp³-hybridized carbons (Fsp3) is 1.00. The van der Waals surface area contributed by atoms with Gasteiger partial charge >= 0.3 is 0 Å². The minimum absolute atomic E-state index is 0.359. The average molecular weight is 186 g/mol. The van der Waals surface area contributed by atoms with Gasteiger partial charge in [-0.1, -0.05) is 0 Å². The van der Waals surface area contributed by atoms with Gasteiger partial charge in [0, 0.05) is 13.5 Å². The summed E-state index contributed by atoms with van der Waals surface area (Å²) in [5.41, 5.74) is -0.359. The van der Waals surface area contributed by atoms with Crippen molar-refractivity contribution >= 4 is 0 Å². The van der Waals surface area contributed by atoms with Crippen molar-refractivity contribution in [1.29, 1.82) is 0 Å². The van der Waals surface area contributed by atoms with Crippen molar-refractivity contribution in [3.8, 4) is 0 Å². The van der Waals surface area contributed by atoms with Crippen molar-refractivity contribution < 1.29 is 14.9 Å². The quantitative estimate of drug-likeness (QED) is 0.601. The monoisotopic (exact) mass is 186 g/mol. The zero-order valence-electron chi connectivity index (χ0n) is 8.12. The second kappa shape index (κ2) is 2.94. The molecule has 0 saturated heterocycles. The molecule has 1 unspecified atom stereocenters. The van der Waals surface area contributed by atoms with Crippen LogP contribution >= 0.6 is 0 Å². The molecule has 76 valence electrons. The number of aliphatic hydroxyl groups is 2. The second-order valence-electron chi connectivity index (χ2n) is 4.41. The zero-order chi connectivity index (χ0) is 9.53. The Morgan fingerprint density at radius 3 is 2.46 bits per heavy atom. The molecular weight excluding hydrogens is 168 g/mol. The molecule has 1 spiro atoms. The Morgan fingerprint density at radius 1 is 1.23 bits per heavy atom. The predicted octanol–water partition coefficient (Wildman–Crippen LogP) is 1.04. The highest BCUT2D eigenvalue weighted by Gasteiger charge is 2.60. The maximum Gasteiger partial charge on any atom is 0.173 e. The minimum Gasteiger partial charge on any atom is -0.392 e. The average Bonchev–Trinajstić information content (AvgIpc) is 2.63. The maximum atomic E-state index is 10.2. The van der Waals surface area contributed by atoms with Crippen LogP contribution in [0.3, 0.4) is 0 Å². The van der Waals surface area contributed by atoms with E-state index in [0.717, 1.165) is 32.1 Å². The summed E-state index contributed by atoms with van der Waals surface area (Å²) in [5, 5.41) is 20.1. The molecular formula is C10H18O3. The van der Waals surface area contributed by atoms with Crippen LogP contribution in [-0.4, -0.2) is 29.2 Å². The molecule has 0 amide bonds. The molecule has 0 aliphatic heterocycles. The van der Waals surface area contributed by atoms with E-state index in [1.165, 1.54) is 7.11 Å². The molecule has 2 aliphatic carbocycles. The van der Waals surface area contributed by atoms with Gasteiger partial charge in [-0.3, -0.25) is 0 Å². The molecule has 0 aromatic heterocycles. The summed E-state index contributed by atoms with van der Waals surface area (Å²) in [6.07, 6.45) is 4.87. The van der Waals surface area contributed by atoms with Gasteiger partial charge in [-0.25, -0.2) is 0 Å². The summed E-state index contributed by atoms with van der Waals surface area (Å²) in [6.45, 7) is 0. The molecule has 0 aromatic rings. The Balaban J connectivity index is 2.29. The van der Waals surface area contributed by atoms with E-state index in [9.17, 15) is 10.2 Å². The van der Waals surface area contributed by atoms with Gasteiger partial charge in [0.15, 0.2) is 5.79 Å². The minimum atomic E-state index is -1.07. The first-order valence-corrected chi connectivity index (χ1v) is 5.10. The lowest BCUT2D eigenvalue weighted by Gasteiger charge is -2.40. The van der Waals surface area contributed by atoms with Gasteiger partial charge in [-0.2, -0.15) is 0 Å². The molecule has 2 aliphatic rings. The van der Waals surface area contributed by atoms with Crippen LogP contribution in [0.2, 0.25) is 0 Å². The lowest BCUT2D eigenvalue weighted by molar-refractivity contribution is -0.262. The fourth-order valence-electron chi connectivity index (χ4n) is 3.19. The van der Waals surface area contributed by atoms with E-state index >= 15 is 0 Å². The molecule has 2 fully saturated rings. The van der Waals surface area contributed by atoms with E-state index in [1.54, 1.807) is 0 Å². The third-order valence-electron chi connectivity index (χ3n) is 3.99. The number of aliphatic hydroxyl groups excluding tert-OH is 1. The van der Waals surface area contributed by atoms with Gasteiger partial charge in [0.25, 0.3) is 0 Å². The third kappa shape index (κ3) is 1.07. The summed E-state index contributed by atoms with van der Waals surface area (Å²) in [4.78, 5) is 0. The Hall–Kier alpha value is -0.120. The largest absolute Gasteiger partial charge is 0.392 e. The number of rotatable bonds is 1. The van der Waals surface area contributed by atoms with Crippen LogP contribution in [0.15, 0.2) is 0 Å². The smallest absolute Gasteiger partial charge is 0.173 e. The topological polar surface area (TPSA) is 49.7 Å². The first kappa shape index (κ1) is 9.44. The Labute approximate surface area is 78.7 Å². The second-order valence-corrected chi connectivity index (χ2v) is 4.41. The molecule has 2 rings (SSSR count). The molecule has 3 nitrogen and oxygen atoms in total. The molecule has 3 atom stereocenters. The van der Waals surface area contributed by atoms with Gasteiger partial charge in [-0.05, 0) is 32.1 Å². The highest BCUT2D eigenvalue weighted by Crippen LogP contribution is 2.56. The lowest BCUT2D eigenvalue weighted by atomic mass is 9.78. The van der Waals surface area contributed by atoms with E-state index in [4.69, 9.17) is 4.74 Å². The van der Waals surface area contributed by atoms with E-state index in [-0.39, 0.29) is 11.5 Å². The zero-order valence-corrected chi connectivity index (χ0v) is 8.12. The van der Waals surface area contributed by atoms with Gasteiger partial charge < -0.3 is 14.9 Å². The van der Waals surface area contributed by atoms with Crippen LogP contribution in [0.5, 0.6) is 0 Å². The molecule has 2 saturated carbocycles. The molecule has 0 bridgehead atoms. The Morgan fingerprint density at radius 2 is 1.92 bits per heavy atom. The highest BCUT2D eigenvalue weighted by molar-refractivity contribution is 5.05. The molecule has 2 N–H and O–H groups in total.